The summed E-state index contributed by atoms with van der Waals surface area (Å²) in [5.41, 5.74) is 2.99. The van der Waals surface area contributed by atoms with Gasteiger partial charge in [-0.05, 0) is 42.2 Å². The normalized spacial score (nSPS) is 12.1. The summed E-state index contributed by atoms with van der Waals surface area (Å²) < 4.78 is 13.3. The molecule has 0 saturated heterocycles. The van der Waals surface area contributed by atoms with Gasteiger partial charge < -0.3 is 0 Å². The molecule has 0 unspecified atom stereocenters. The van der Waals surface area contributed by atoms with E-state index in [2.05, 4.69) is 25.8 Å². The molecule has 0 fully saturated rings. The Hall–Kier alpha value is -1.44. The van der Waals surface area contributed by atoms with Gasteiger partial charge in [0.15, 0.2) is 0 Å². The van der Waals surface area contributed by atoms with Crippen LogP contribution < -0.4 is 0 Å². The van der Waals surface area contributed by atoms with Crippen LogP contribution in [-0.2, 0) is 5.41 Å². The maximum absolute atomic E-state index is 13.3. The molecule has 1 aromatic carbocycles. The van der Waals surface area contributed by atoms with Gasteiger partial charge in [-0.25, -0.2) is 4.39 Å². The number of rotatable bonds is 0. The van der Waals surface area contributed by atoms with Crippen molar-refractivity contribution in [2.75, 3.05) is 0 Å². The van der Waals surface area contributed by atoms with Crippen LogP contribution in [0.2, 0.25) is 0 Å². The van der Waals surface area contributed by atoms with E-state index in [9.17, 15) is 4.39 Å². The molecule has 0 aliphatic carbocycles. The van der Waals surface area contributed by atoms with Crippen LogP contribution in [0.1, 0.15) is 32.0 Å². The van der Waals surface area contributed by atoms with Gasteiger partial charge in [-0.2, -0.15) is 0 Å². The van der Waals surface area contributed by atoms with Gasteiger partial charge in [0.05, 0.1) is 5.52 Å². The highest BCUT2D eigenvalue weighted by molar-refractivity contribution is 5.83. The number of aromatic nitrogens is 1. The minimum absolute atomic E-state index is 0.000255. The minimum atomic E-state index is -0.205. The molecule has 2 rings (SSSR count). The highest BCUT2D eigenvalue weighted by Gasteiger charge is 2.18. The standard InChI is InChI=1S/C14H16FN/c1-9-7-12(14(2,3)4)11-8-10(15)5-6-13(11)16-9/h5-8H,1-4H3. The monoisotopic (exact) mass is 217 g/mol. The highest BCUT2D eigenvalue weighted by Crippen LogP contribution is 2.30. The number of aryl methyl sites for hydroxylation is 1. The van der Waals surface area contributed by atoms with Gasteiger partial charge in [-0.3, -0.25) is 4.98 Å². The van der Waals surface area contributed by atoms with Gasteiger partial charge in [0.1, 0.15) is 5.82 Å². The Morgan fingerprint density at radius 1 is 1.12 bits per heavy atom. The first-order valence-corrected chi connectivity index (χ1v) is 5.45. The van der Waals surface area contributed by atoms with E-state index in [1.807, 2.05) is 13.0 Å². The summed E-state index contributed by atoms with van der Waals surface area (Å²) in [4.78, 5) is 4.42. The van der Waals surface area contributed by atoms with Crippen molar-refractivity contribution in [3.63, 3.8) is 0 Å². The van der Waals surface area contributed by atoms with Gasteiger partial charge in [0, 0.05) is 11.1 Å². The Balaban J connectivity index is 2.85. The molecule has 0 spiro atoms. The van der Waals surface area contributed by atoms with Gasteiger partial charge in [0.2, 0.25) is 0 Å². The lowest BCUT2D eigenvalue weighted by atomic mass is 9.84. The number of pyridine rings is 1. The molecule has 0 N–H and O–H groups in total. The Bertz CT molecular complexity index is 538. The minimum Gasteiger partial charge on any atom is -0.253 e. The first kappa shape index (κ1) is 11.1. The molecule has 1 nitrogen and oxygen atoms in total. The fraction of sp³-hybridized carbons (Fsp3) is 0.357. The lowest BCUT2D eigenvalue weighted by Crippen LogP contribution is -2.12. The topological polar surface area (TPSA) is 12.9 Å². The molecule has 0 saturated carbocycles. The van der Waals surface area contributed by atoms with E-state index in [0.717, 1.165) is 22.2 Å². The van der Waals surface area contributed by atoms with E-state index in [4.69, 9.17) is 0 Å². The van der Waals surface area contributed by atoms with Crippen molar-refractivity contribution in [1.29, 1.82) is 0 Å². The second-order valence-corrected chi connectivity index (χ2v) is 5.22. The van der Waals surface area contributed by atoms with Crippen molar-refractivity contribution < 1.29 is 4.39 Å². The van der Waals surface area contributed by atoms with E-state index in [-0.39, 0.29) is 11.2 Å². The predicted molar refractivity (Wildman–Crippen MR) is 65.1 cm³/mol. The molecule has 0 aliphatic heterocycles. The Morgan fingerprint density at radius 3 is 2.44 bits per heavy atom. The van der Waals surface area contributed by atoms with Crippen molar-refractivity contribution in [3.05, 3.63) is 41.3 Å². The number of nitrogens with zero attached hydrogens (tertiary/aromatic N) is 1. The number of fused-ring (bicyclic) bond motifs is 1. The molecule has 84 valence electrons. The van der Waals surface area contributed by atoms with Gasteiger partial charge in [-0.15, -0.1) is 0 Å². The second-order valence-electron chi connectivity index (χ2n) is 5.22. The Morgan fingerprint density at radius 2 is 1.81 bits per heavy atom. The number of hydrogen-bond donors (Lipinski definition) is 0. The molecule has 1 aromatic heterocycles. The van der Waals surface area contributed by atoms with Crippen LogP contribution in [-0.4, -0.2) is 4.98 Å². The van der Waals surface area contributed by atoms with Crippen LogP contribution in [0.4, 0.5) is 4.39 Å². The van der Waals surface area contributed by atoms with Crippen molar-refractivity contribution in [1.82, 2.24) is 4.98 Å². The molecule has 0 aliphatic rings. The SMILES string of the molecule is Cc1cc(C(C)(C)C)c2cc(F)ccc2n1. The molecule has 1 heterocycles. The zero-order valence-electron chi connectivity index (χ0n) is 10.1. The predicted octanol–water partition coefficient (Wildman–Crippen LogP) is 3.98. The summed E-state index contributed by atoms with van der Waals surface area (Å²) in [5, 5.41) is 0.915. The van der Waals surface area contributed by atoms with Gasteiger partial charge in [0.25, 0.3) is 0 Å². The van der Waals surface area contributed by atoms with Crippen molar-refractivity contribution in [2.45, 2.75) is 33.1 Å². The summed E-state index contributed by atoms with van der Waals surface area (Å²) in [6, 6.07) is 6.82. The zero-order chi connectivity index (χ0) is 11.9. The van der Waals surface area contributed by atoms with Gasteiger partial charge >= 0.3 is 0 Å². The maximum Gasteiger partial charge on any atom is 0.123 e. The Kier molecular flexibility index (Phi) is 2.45. The van der Waals surface area contributed by atoms with Crippen LogP contribution in [0.3, 0.4) is 0 Å². The fourth-order valence-electron chi connectivity index (χ4n) is 1.95. The lowest BCUT2D eigenvalue weighted by Gasteiger charge is -2.21. The maximum atomic E-state index is 13.3. The molecular formula is C14H16FN. The summed E-state index contributed by atoms with van der Waals surface area (Å²) in [6.07, 6.45) is 0. The van der Waals surface area contributed by atoms with E-state index < -0.39 is 0 Å². The third kappa shape index (κ3) is 1.92. The van der Waals surface area contributed by atoms with E-state index in [1.165, 1.54) is 6.07 Å². The summed E-state index contributed by atoms with van der Waals surface area (Å²) in [6.45, 7) is 8.36. The molecular weight excluding hydrogens is 201 g/mol. The number of hydrogen-bond acceptors (Lipinski definition) is 1. The van der Waals surface area contributed by atoms with E-state index in [0.29, 0.717) is 0 Å². The number of benzene rings is 1. The molecule has 2 heteroatoms. The van der Waals surface area contributed by atoms with E-state index >= 15 is 0 Å². The third-order valence-electron chi connectivity index (χ3n) is 2.71. The molecule has 0 radical (unpaired) electrons. The lowest BCUT2D eigenvalue weighted by molar-refractivity contribution is 0.593. The highest BCUT2D eigenvalue weighted by atomic mass is 19.1. The summed E-state index contributed by atoms with van der Waals surface area (Å²) in [5.74, 6) is -0.205. The quantitative estimate of drug-likeness (QED) is 0.650. The van der Waals surface area contributed by atoms with Crippen LogP contribution >= 0.6 is 0 Å². The average molecular weight is 217 g/mol. The fourth-order valence-corrected chi connectivity index (χ4v) is 1.95. The second kappa shape index (κ2) is 3.55. The first-order valence-electron chi connectivity index (χ1n) is 5.45. The smallest absolute Gasteiger partial charge is 0.123 e. The van der Waals surface area contributed by atoms with Crippen LogP contribution in [0, 0.1) is 12.7 Å². The van der Waals surface area contributed by atoms with Crippen molar-refractivity contribution >= 4 is 10.9 Å². The van der Waals surface area contributed by atoms with E-state index in [1.54, 1.807) is 12.1 Å². The summed E-state index contributed by atoms with van der Waals surface area (Å²) in [7, 11) is 0. The van der Waals surface area contributed by atoms with Crippen LogP contribution in [0.25, 0.3) is 10.9 Å². The molecule has 0 amide bonds. The van der Waals surface area contributed by atoms with Gasteiger partial charge in [-0.1, -0.05) is 20.8 Å². The summed E-state index contributed by atoms with van der Waals surface area (Å²) >= 11 is 0. The Labute approximate surface area is 95.3 Å². The molecule has 2 aromatic rings. The van der Waals surface area contributed by atoms with Crippen LogP contribution in [0.5, 0.6) is 0 Å². The van der Waals surface area contributed by atoms with Crippen molar-refractivity contribution in [2.24, 2.45) is 0 Å². The molecule has 0 atom stereocenters. The van der Waals surface area contributed by atoms with Crippen LogP contribution in [0.15, 0.2) is 24.3 Å². The number of halogens is 1. The largest absolute Gasteiger partial charge is 0.253 e. The molecule has 16 heavy (non-hydrogen) atoms. The van der Waals surface area contributed by atoms with Crippen molar-refractivity contribution in [3.8, 4) is 0 Å². The zero-order valence-corrected chi connectivity index (χ0v) is 10.1. The molecule has 0 bridgehead atoms. The average Bonchev–Trinajstić information content (AvgIpc) is 2.16. The first-order chi connectivity index (χ1) is 7.38. The third-order valence-corrected chi connectivity index (χ3v) is 2.71.